The van der Waals surface area contributed by atoms with E-state index < -0.39 is 24.3 Å². The van der Waals surface area contributed by atoms with Gasteiger partial charge in [-0.25, -0.2) is 4.79 Å². The van der Waals surface area contributed by atoms with E-state index in [1.807, 2.05) is 21.1 Å². The molecule has 0 saturated carbocycles. The van der Waals surface area contributed by atoms with Crippen molar-refractivity contribution >= 4 is 17.9 Å². The number of unbranched alkanes of at least 4 members (excludes halogenated alkanes) is 14. The van der Waals surface area contributed by atoms with E-state index in [-0.39, 0.29) is 38.6 Å². The minimum absolute atomic E-state index is 0.169. The van der Waals surface area contributed by atoms with Gasteiger partial charge in [0.25, 0.3) is 6.29 Å². The Hall–Kier alpha value is -6.39. The molecular formula is C86H134NO8+. The van der Waals surface area contributed by atoms with Crippen molar-refractivity contribution in [3.05, 3.63) is 219 Å². The standard InChI is InChI=1S/C86H133NO8/c1-6-8-10-12-14-16-18-20-22-24-26-28-30-32-34-36-38-40-42-44-46-48-50-52-54-56-58-60-62-64-66-68-70-72-74-76-83(88)93-80-82(81-94-86(85(90)91)92-79-78-87(3,4)5)95-84(89)77-75-73-71-69-67-65-63-61-59-57-55-53-51-49-47-45-43-41-39-37-35-33-31-29-27-25-23-21-19-17-15-13-11-9-7-2/h8-11,14-17,20-23,26-29,32-35,38-41,44-47,50-53,57,59,63,65,82,86H,6-7,12-13,18-19,24-25,30-31,36-37,42-43,48-49,54-56,58,60-62,64,66-81H2,1-5H3/p+1/b10-8-,11-9-,16-14-,17-15-,22-20-,23-21-,28-26-,29-27-,34-32-,35-33-,40-38-,41-39-,46-44-,47-45-,52-50-,53-51-,59-57-,65-63-. The fourth-order valence-corrected chi connectivity index (χ4v) is 9.17. The van der Waals surface area contributed by atoms with Crippen molar-refractivity contribution in [2.24, 2.45) is 0 Å². The van der Waals surface area contributed by atoms with Gasteiger partial charge in [0, 0.05) is 12.8 Å². The van der Waals surface area contributed by atoms with Gasteiger partial charge in [-0.15, -0.1) is 0 Å². The van der Waals surface area contributed by atoms with Crippen molar-refractivity contribution in [1.82, 2.24) is 0 Å². The lowest BCUT2D eigenvalue weighted by atomic mass is 10.1. The van der Waals surface area contributed by atoms with E-state index in [0.29, 0.717) is 17.4 Å². The van der Waals surface area contributed by atoms with E-state index in [1.54, 1.807) is 0 Å². The third kappa shape index (κ3) is 74.9. The molecule has 0 aromatic carbocycles. The highest BCUT2D eigenvalue weighted by atomic mass is 16.7. The SMILES string of the molecule is CC/C=C\C/C=C\C/C=C\C/C=C\C/C=C\C/C=C\C/C=C\C/C=C\C/C=C\C/C=C\CCCCCCC(=O)OC(COC(=O)CCCCCCCCCCCC/C=C\C/C=C\C/C=C\C/C=C\C/C=C\C/C=C\C/C=C\C/C=C\CC)COC(OCC[N+](C)(C)C)C(=O)O. The summed E-state index contributed by atoms with van der Waals surface area (Å²) < 4.78 is 22.9. The van der Waals surface area contributed by atoms with Crippen LogP contribution in [0.2, 0.25) is 0 Å². The molecule has 0 amide bonds. The van der Waals surface area contributed by atoms with E-state index >= 15 is 0 Å². The van der Waals surface area contributed by atoms with Crippen molar-refractivity contribution in [3.63, 3.8) is 0 Å². The number of hydrogen-bond acceptors (Lipinski definition) is 7. The van der Waals surface area contributed by atoms with Crippen molar-refractivity contribution in [2.75, 3.05) is 47.5 Å². The van der Waals surface area contributed by atoms with Crippen LogP contribution in [-0.2, 0) is 33.3 Å². The summed E-state index contributed by atoms with van der Waals surface area (Å²) in [4.78, 5) is 37.7. The van der Waals surface area contributed by atoms with Gasteiger partial charge in [-0.05, 0) is 154 Å². The third-order valence-corrected chi connectivity index (χ3v) is 14.7. The molecule has 9 heteroatoms. The number of allylic oxidation sites excluding steroid dienone is 36. The van der Waals surface area contributed by atoms with Crippen molar-refractivity contribution < 1.29 is 42.9 Å². The summed E-state index contributed by atoms with van der Waals surface area (Å²) in [6.07, 6.45) is 113. The van der Waals surface area contributed by atoms with E-state index in [0.717, 1.165) is 173 Å². The number of aliphatic carboxylic acids is 1. The number of esters is 2. The number of hydrogen-bond donors (Lipinski definition) is 1. The van der Waals surface area contributed by atoms with Gasteiger partial charge in [0.2, 0.25) is 0 Å². The van der Waals surface area contributed by atoms with Crippen LogP contribution in [0.1, 0.15) is 245 Å². The molecule has 2 unspecified atom stereocenters. The van der Waals surface area contributed by atoms with Crippen LogP contribution < -0.4 is 0 Å². The van der Waals surface area contributed by atoms with E-state index in [2.05, 4.69) is 233 Å². The Morgan fingerprint density at radius 2 is 0.568 bits per heavy atom. The first kappa shape index (κ1) is 88.6. The Morgan fingerprint density at radius 3 is 0.842 bits per heavy atom. The molecule has 0 bridgehead atoms. The lowest BCUT2D eigenvalue weighted by Crippen LogP contribution is -2.40. The Labute approximate surface area is 581 Å². The molecule has 0 aliphatic heterocycles. The van der Waals surface area contributed by atoms with Crippen LogP contribution in [0.3, 0.4) is 0 Å². The second-order valence-corrected chi connectivity index (χ2v) is 24.8. The maximum Gasteiger partial charge on any atom is 0.361 e. The number of quaternary nitrogens is 1. The molecule has 0 aromatic heterocycles. The molecule has 0 radical (unpaired) electrons. The van der Waals surface area contributed by atoms with E-state index in [9.17, 15) is 19.5 Å². The minimum atomic E-state index is -1.54. The van der Waals surface area contributed by atoms with Crippen LogP contribution in [0, 0.1) is 0 Å². The molecule has 9 nitrogen and oxygen atoms in total. The summed E-state index contributed by atoms with van der Waals surface area (Å²) in [5, 5.41) is 9.76. The summed E-state index contributed by atoms with van der Waals surface area (Å²) in [6, 6.07) is 0. The Bertz CT molecular complexity index is 2370. The molecule has 530 valence electrons. The monoisotopic (exact) mass is 1310 g/mol. The first-order chi connectivity index (χ1) is 46.6. The highest BCUT2D eigenvalue weighted by Crippen LogP contribution is 2.15. The molecule has 0 fully saturated rings. The van der Waals surface area contributed by atoms with Crippen LogP contribution in [0.5, 0.6) is 0 Å². The number of ether oxygens (including phenoxy) is 4. The third-order valence-electron chi connectivity index (χ3n) is 14.7. The zero-order valence-electron chi connectivity index (χ0n) is 60.5. The lowest BCUT2D eigenvalue weighted by Gasteiger charge is -2.25. The van der Waals surface area contributed by atoms with Crippen LogP contribution in [-0.4, -0.2) is 87.4 Å². The summed E-state index contributed by atoms with van der Waals surface area (Å²) >= 11 is 0. The van der Waals surface area contributed by atoms with Crippen molar-refractivity contribution in [3.8, 4) is 0 Å². The molecule has 0 spiro atoms. The first-order valence-corrected chi connectivity index (χ1v) is 36.9. The largest absolute Gasteiger partial charge is 0.477 e. The van der Waals surface area contributed by atoms with Crippen molar-refractivity contribution in [1.29, 1.82) is 0 Å². The topological polar surface area (TPSA) is 108 Å². The highest BCUT2D eigenvalue weighted by molar-refractivity contribution is 5.71. The quantitative estimate of drug-likeness (QED) is 0.0211. The van der Waals surface area contributed by atoms with Gasteiger partial charge in [-0.2, -0.15) is 0 Å². The Morgan fingerprint density at radius 1 is 0.316 bits per heavy atom. The number of nitrogens with zero attached hydrogens (tertiary/aromatic N) is 1. The molecule has 2 atom stereocenters. The molecule has 0 aromatic rings. The molecular weight excluding hydrogens is 1170 g/mol. The second-order valence-electron chi connectivity index (χ2n) is 24.8. The normalized spacial score (nSPS) is 14.0. The molecule has 0 aliphatic carbocycles. The molecule has 95 heavy (non-hydrogen) atoms. The summed E-state index contributed by atoms with van der Waals surface area (Å²) in [5.74, 6) is -2.07. The predicted octanol–water partition coefficient (Wildman–Crippen LogP) is 23.7. The van der Waals surface area contributed by atoms with Gasteiger partial charge in [0.05, 0.1) is 34.4 Å². The van der Waals surface area contributed by atoms with E-state index in [4.69, 9.17) is 18.9 Å². The minimum Gasteiger partial charge on any atom is -0.477 e. The molecule has 0 rings (SSSR count). The number of carbonyl (C=O) groups excluding carboxylic acids is 2. The fourth-order valence-electron chi connectivity index (χ4n) is 9.17. The number of rotatable bonds is 65. The van der Waals surface area contributed by atoms with E-state index in [1.165, 1.54) is 38.5 Å². The zero-order chi connectivity index (χ0) is 69.0. The predicted molar refractivity (Wildman–Crippen MR) is 409 cm³/mol. The fraction of sp³-hybridized carbons (Fsp3) is 0.547. The highest BCUT2D eigenvalue weighted by Gasteiger charge is 2.25. The van der Waals surface area contributed by atoms with Gasteiger partial charge >= 0.3 is 17.9 Å². The Kier molecular flexibility index (Phi) is 68.5. The van der Waals surface area contributed by atoms with Gasteiger partial charge in [0.1, 0.15) is 13.2 Å². The molecule has 0 aliphatic rings. The van der Waals surface area contributed by atoms with Crippen LogP contribution in [0.15, 0.2) is 219 Å². The summed E-state index contributed by atoms with van der Waals surface area (Å²) in [7, 11) is 5.95. The number of carboxylic acids is 1. The lowest BCUT2D eigenvalue weighted by molar-refractivity contribution is -0.870. The van der Waals surface area contributed by atoms with Crippen molar-refractivity contribution in [2.45, 2.75) is 257 Å². The van der Waals surface area contributed by atoms with Gasteiger partial charge in [0.15, 0.2) is 6.10 Å². The maximum atomic E-state index is 13.0. The zero-order valence-corrected chi connectivity index (χ0v) is 60.5. The van der Waals surface area contributed by atoms with Gasteiger partial charge < -0.3 is 28.5 Å². The Balaban J connectivity index is 4.26. The van der Waals surface area contributed by atoms with Gasteiger partial charge in [-0.1, -0.05) is 297 Å². The van der Waals surface area contributed by atoms with Crippen LogP contribution in [0.4, 0.5) is 0 Å². The maximum absolute atomic E-state index is 13.0. The molecule has 0 saturated heterocycles. The van der Waals surface area contributed by atoms with Gasteiger partial charge in [-0.3, -0.25) is 9.59 Å². The average molecular weight is 1310 g/mol. The van der Waals surface area contributed by atoms with Crippen LogP contribution >= 0.6 is 0 Å². The van der Waals surface area contributed by atoms with Crippen LogP contribution in [0.25, 0.3) is 0 Å². The summed E-state index contributed by atoms with van der Waals surface area (Å²) in [6.45, 7) is 4.58. The summed E-state index contributed by atoms with van der Waals surface area (Å²) in [5.41, 5.74) is 0. The second kappa shape index (κ2) is 73.4. The average Bonchev–Trinajstić information content (AvgIpc) is 3.58. The molecule has 1 N–H and O–H groups in total. The smallest absolute Gasteiger partial charge is 0.361 e. The molecule has 0 heterocycles. The number of carboxylic acid groups (broad SMARTS) is 1. The number of likely N-dealkylation sites (N-methyl/N-ethyl adjacent to an activating group) is 1. The number of carbonyl (C=O) groups is 3. The first-order valence-electron chi connectivity index (χ1n) is 36.9.